The molecule has 0 heterocycles. The summed E-state index contributed by atoms with van der Waals surface area (Å²) in [6, 6.07) is 18.0. The van der Waals surface area contributed by atoms with Crippen molar-refractivity contribution in [2.45, 2.75) is 42.9 Å². The number of ether oxygens (including phenoxy) is 1. The van der Waals surface area contributed by atoms with Crippen LogP contribution in [0.15, 0.2) is 59.5 Å². The number of hydrogen-bond acceptors (Lipinski definition) is 3. The fourth-order valence-electron chi connectivity index (χ4n) is 2.55. The second kappa shape index (κ2) is 9.38. The van der Waals surface area contributed by atoms with Crippen LogP contribution in [0.1, 0.15) is 38.3 Å². The Morgan fingerprint density at radius 3 is 2.46 bits per heavy atom. The molecule has 128 valence electrons. The summed E-state index contributed by atoms with van der Waals surface area (Å²) in [6.45, 7) is 4.07. The molecule has 0 spiro atoms. The van der Waals surface area contributed by atoms with E-state index in [-0.39, 0.29) is 17.2 Å². The Bertz CT molecular complexity index is 645. The van der Waals surface area contributed by atoms with E-state index in [2.05, 4.69) is 24.4 Å². The van der Waals surface area contributed by atoms with Gasteiger partial charge in [0.2, 0.25) is 5.91 Å². The first kappa shape index (κ1) is 18.4. The normalized spacial score (nSPS) is 13.1. The van der Waals surface area contributed by atoms with Gasteiger partial charge >= 0.3 is 0 Å². The molecular formula is C20H25NO2S. The van der Waals surface area contributed by atoms with E-state index in [1.807, 2.05) is 49.4 Å². The van der Waals surface area contributed by atoms with Crippen LogP contribution in [0.3, 0.4) is 0 Å². The van der Waals surface area contributed by atoms with E-state index in [1.54, 1.807) is 7.11 Å². The molecule has 0 bridgehead atoms. The second-order valence-electron chi connectivity index (χ2n) is 5.67. The van der Waals surface area contributed by atoms with Crippen LogP contribution in [-0.2, 0) is 4.79 Å². The number of carbonyl (C=O) groups is 1. The Balaban J connectivity index is 2.04. The average Bonchev–Trinajstić information content (AvgIpc) is 2.62. The third-order valence-electron chi connectivity index (χ3n) is 3.84. The number of carbonyl (C=O) groups excluding carboxylic acids is 1. The van der Waals surface area contributed by atoms with Crippen molar-refractivity contribution in [3.63, 3.8) is 0 Å². The number of thioether (sulfide) groups is 1. The van der Waals surface area contributed by atoms with Crippen LogP contribution in [0, 0.1) is 0 Å². The third-order valence-corrected chi connectivity index (χ3v) is 5.00. The molecule has 2 aromatic carbocycles. The zero-order valence-corrected chi connectivity index (χ0v) is 15.3. The lowest BCUT2D eigenvalue weighted by molar-refractivity contribution is -0.121. The molecular weight excluding hydrogens is 318 g/mol. The van der Waals surface area contributed by atoms with Crippen LogP contribution >= 0.6 is 11.8 Å². The van der Waals surface area contributed by atoms with Crippen molar-refractivity contribution in [1.82, 2.24) is 5.32 Å². The summed E-state index contributed by atoms with van der Waals surface area (Å²) >= 11 is 1.52. The number of hydrogen-bond donors (Lipinski definition) is 1. The molecule has 1 amide bonds. The summed E-state index contributed by atoms with van der Waals surface area (Å²) in [6.07, 6.45) is 1.95. The van der Waals surface area contributed by atoms with Crippen molar-refractivity contribution >= 4 is 17.7 Å². The van der Waals surface area contributed by atoms with Crippen molar-refractivity contribution in [2.24, 2.45) is 0 Å². The van der Waals surface area contributed by atoms with Gasteiger partial charge < -0.3 is 10.1 Å². The van der Waals surface area contributed by atoms with Gasteiger partial charge in [0, 0.05) is 0 Å². The van der Waals surface area contributed by atoms with Gasteiger partial charge in [0.05, 0.1) is 23.3 Å². The van der Waals surface area contributed by atoms with Crippen molar-refractivity contribution < 1.29 is 9.53 Å². The third kappa shape index (κ3) is 5.03. The number of para-hydroxylation sites is 1. The Kier molecular flexibility index (Phi) is 7.19. The molecule has 1 N–H and O–H groups in total. The minimum Gasteiger partial charge on any atom is -0.496 e. The monoisotopic (exact) mass is 343 g/mol. The molecule has 0 aliphatic carbocycles. The summed E-state index contributed by atoms with van der Waals surface area (Å²) < 4.78 is 5.36. The van der Waals surface area contributed by atoms with E-state index in [0.29, 0.717) is 0 Å². The fourth-order valence-corrected chi connectivity index (χ4v) is 3.53. The van der Waals surface area contributed by atoms with Gasteiger partial charge in [-0.3, -0.25) is 4.79 Å². The van der Waals surface area contributed by atoms with E-state index < -0.39 is 0 Å². The van der Waals surface area contributed by atoms with Crippen LogP contribution in [0.25, 0.3) is 0 Å². The lowest BCUT2D eigenvalue weighted by Crippen LogP contribution is -2.34. The van der Waals surface area contributed by atoms with Crippen molar-refractivity contribution in [3.8, 4) is 5.75 Å². The highest BCUT2D eigenvalue weighted by molar-refractivity contribution is 8.00. The van der Waals surface area contributed by atoms with E-state index in [1.165, 1.54) is 11.8 Å². The lowest BCUT2D eigenvalue weighted by Gasteiger charge is -2.21. The topological polar surface area (TPSA) is 38.3 Å². The van der Waals surface area contributed by atoms with Crippen molar-refractivity contribution in [3.05, 3.63) is 60.2 Å². The van der Waals surface area contributed by atoms with Crippen LogP contribution in [0.2, 0.25) is 0 Å². The highest BCUT2D eigenvalue weighted by Gasteiger charge is 2.20. The maximum absolute atomic E-state index is 12.6. The molecule has 3 nitrogen and oxygen atoms in total. The van der Waals surface area contributed by atoms with Gasteiger partial charge in [-0.25, -0.2) is 0 Å². The first-order chi connectivity index (χ1) is 11.7. The number of rotatable bonds is 8. The van der Waals surface area contributed by atoms with Crippen molar-refractivity contribution in [1.29, 1.82) is 0 Å². The Labute approximate surface area is 148 Å². The molecule has 0 saturated heterocycles. The number of benzene rings is 2. The van der Waals surface area contributed by atoms with Gasteiger partial charge in [-0.05, 0) is 31.0 Å². The minimum absolute atomic E-state index is 0.0493. The van der Waals surface area contributed by atoms with E-state index in [0.717, 1.165) is 29.1 Å². The maximum atomic E-state index is 12.6. The first-order valence-corrected chi connectivity index (χ1v) is 9.18. The maximum Gasteiger partial charge on any atom is 0.233 e. The van der Waals surface area contributed by atoms with Gasteiger partial charge in [0.15, 0.2) is 0 Å². The summed E-state index contributed by atoms with van der Waals surface area (Å²) in [4.78, 5) is 13.6. The van der Waals surface area contributed by atoms with Crippen LogP contribution < -0.4 is 10.1 Å². The Morgan fingerprint density at radius 1 is 1.12 bits per heavy atom. The predicted octanol–water partition coefficient (Wildman–Crippen LogP) is 4.83. The number of nitrogens with one attached hydrogen (secondary N) is 1. The van der Waals surface area contributed by atoms with E-state index in [4.69, 9.17) is 4.74 Å². The zero-order valence-electron chi connectivity index (χ0n) is 14.5. The van der Waals surface area contributed by atoms with Gasteiger partial charge in [-0.2, -0.15) is 0 Å². The van der Waals surface area contributed by atoms with Crippen molar-refractivity contribution in [2.75, 3.05) is 7.11 Å². The Morgan fingerprint density at radius 2 is 1.79 bits per heavy atom. The summed E-state index contributed by atoms with van der Waals surface area (Å²) in [5.74, 6) is 0.850. The van der Waals surface area contributed by atoms with Crippen LogP contribution in [0.5, 0.6) is 5.75 Å². The quantitative estimate of drug-likeness (QED) is 0.698. The predicted molar refractivity (Wildman–Crippen MR) is 101 cm³/mol. The average molecular weight is 343 g/mol. The van der Waals surface area contributed by atoms with E-state index >= 15 is 0 Å². The summed E-state index contributed by atoms with van der Waals surface area (Å²) in [7, 11) is 1.65. The molecule has 2 atom stereocenters. The highest BCUT2D eigenvalue weighted by atomic mass is 32.2. The zero-order chi connectivity index (χ0) is 17.4. The second-order valence-corrected chi connectivity index (χ2v) is 7.05. The van der Waals surface area contributed by atoms with Gasteiger partial charge in [0.25, 0.3) is 0 Å². The first-order valence-electron chi connectivity index (χ1n) is 8.30. The van der Waals surface area contributed by atoms with Gasteiger partial charge in [0.1, 0.15) is 5.75 Å². The molecule has 0 aliphatic heterocycles. The summed E-state index contributed by atoms with van der Waals surface area (Å²) in [5.41, 5.74) is 1.15. The molecule has 2 aromatic rings. The lowest BCUT2D eigenvalue weighted by atomic mass is 10.0. The highest BCUT2D eigenvalue weighted by Crippen LogP contribution is 2.32. The fraction of sp³-hybridized carbons (Fsp3) is 0.350. The molecule has 4 heteroatoms. The van der Waals surface area contributed by atoms with Gasteiger partial charge in [-0.15, -0.1) is 11.8 Å². The molecule has 2 rings (SSSR count). The minimum atomic E-state index is -0.190. The Hall–Kier alpha value is -1.94. The van der Waals surface area contributed by atoms with Crippen LogP contribution in [-0.4, -0.2) is 18.3 Å². The van der Waals surface area contributed by atoms with E-state index in [9.17, 15) is 4.79 Å². The molecule has 0 aromatic heterocycles. The smallest absolute Gasteiger partial charge is 0.233 e. The summed E-state index contributed by atoms with van der Waals surface area (Å²) in [5, 5.41) is 3.00. The van der Waals surface area contributed by atoms with Gasteiger partial charge in [-0.1, -0.05) is 55.8 Å². The number of methoxy groups -OCH3 is 1. The molecule has 0 aliphatic rings. The number of amides is 1. The molecule has 24 heavy (non-hydrogen) atoms. The SMILES string of the molecule is CCCC(NC(=O)C(C)Sc1ccccc1OC)c1ccccc1. The molecule has 0 radical (unpaired) electrons. The molecule has 0 saturated carbocycles. The largest absolute Gasteiger partial charge is 0.496 e. The molecule has 0 fully saturated rings. The van der Waals surface area contributed by atoms with Crippen LogP contribution in [0.4, 0.5) is 0 Å². The molecule has 2 unspecified atom stereocenters. The standard InChI is InChI=1S/C20H25NO2S/c1-4-10-17(16-11-6-5-7-12-16)21-20(22)15(2)24-19-14-9-8-13-18(19)23-3/h5-9,11-15,17H,4,10H2,1-3H3,(H,21,22).